The predicted molar refractivity (Wildman–Crippen MR) is 204 cm³/mol. The van der Waals surface area contributed by atoms with Gasteiger partial charge in [0, 0.05) is 6.54 Å². The molecule has 0 bridgehead atoms. The molecule has 0 saturated heterocycles. The van der Waals surface area contributed by atoms with Crippen molar-refractivity contribution in [3.8, 4) is 0 Å². The lowest BCUT2D eigenvalue weighted by Crippen LogP contribution is -2.46. The van der Waals surface area contributed by atoms with Crippen molar-refractivity contribution in [1.82, 2.24) is 5.32 Å². The van der Waals surface area contributed by atoms with Gasteiger partial charge >= 0.3 is 7.82 Å². The van der Waals surface area contributed by atoms with Crippen LogP contribution in [0.15, 0.2) is 48.6 Å². The largest absolute Gasteiger partial charge is 0.472 e. The highest BCUT2D eigenvalue weighted by Crippen LogP contribution is 2.43. The number of amides is 1. The maximum atomic E-state index is 12.7. The van der Waals surface area contributed by atoms with Crippen molar-refractivity contribution in [2.24, 2.45) is 5.73 Å². The highest BCUT2D eigenvalue weighted by atomic mass is 31.2. The summed E-state index contributed by atoms with van der Waals surface area (Å²) in [6, 6.07) is -1.02. The van der Waals surface area contributed by atoms with Gasteiger partial charge in [0.1, 0.15) is 0 Å². The number of phosphoric ester groups is 1. The smallest absolute Gasteiger partial charge is 0.392 e. The molecule has 4 unspecified atom stereocenters. The molecule has 0 aromatic rings. The van der Waals surface area contributed by atoms with Crippen LogP contribution in [0.25, 0.3) is 0 Å². The number of rotatable bonds is 35. The van der Waals surface area contributed by atoms with Crippen molar-refractivity contribution < 1.29 is 33.5 Å². The highest BCUT2D eigenvalue weighted by molar-refractivity contribution is 7.47. The molecule has 0 radical (unpaired) electrons. The van der Waals surface area contributed by atoms with Gasteiger partial charge in [0.25, 0.3) is 0 Å². The number of carbonyl (C=O) groups is 1. The third-order valence-corrected chi connectivity index (χ3v) is 9.14. The summed E-state index contributed by atoms with van der Waals surface area (Å²) >= 11 is 0. The summed E-state index contributed by atoms with van der Waals surface area (Å²) in [6.45, 7) is 3.83. The third kappa shape index (κ3) is 33.3. The quantitative estimate of drug-likeness (QED) is 0.0248. The number of unbranched alkanes of at least 4 members (excludes halogenated alkanes) is 16. The zero-order valence-electron chi connectivity index (χ0n) is 31.0. The first-order chi connectivity index (χ1) is 23.8. The molecule has 0 spiro atoms. The Hall–Kier alpha value is -1.58. The summed E-state index contributed by atoms with van der Waals surface area (Å²) in [4.78, 5) is 22.5. The topological polar surface area (TPSA) is 151 Å². The Bertz CT molecular complexity index is 925. The van der Waals surface area contributed by atoms with Crippen LogP contribution in [0.1, 0.15) is 155 Å². The Morgan fingerprint density at radius 1 is 0.694 bits per heavy atom. The molecule has 0 aromatic carbocycles. The van der Waals surface area contributed by atoms with Gasteiger partial charge in [-0.3, -0.25) is 13.8 Å². The Kier molecular flexibility index (Phi) is 33.7. The summed E-state index contributed by atoms with van der Waals surface area (Å²) in [7, 11) is -4.41. The van der Waals surface area contributed by atoms with Gasteiger partial charge < -0.3 is 26.2 Å². The average molecular weight is 713 g/mol. The maximum absolute atomic E-state index is 12.7. The van der Waals surface area contributed by atoms with E-state index in [9.17, 15) is 24.5 Å². The van der Waals surface area contributed by atoms with E-state index >= 15 is 0 Å². The van der Waals surface area contributed by atoms with Gasteiger partial charge in [-0.2, -0.15) is 0 Å². The molecular weight excluding hydrogens is 639 g/mol. The molecule has 10 heteroatoms. The number of aliphatic hydroxyl groups is 2. The van der Waals surface area contributed by atoms with Gasteiger partial charge in [0.05, 0.1) is 37.9 Å². The number of phosphoric acid groups is 1. The first kappa shape index (κ1) is 47.4. The Labute approximate surface area is 299 Å². The van der Waals surface area contributed by atoms with Crippen molar-refractivity contribution in [1.29, 1.82) is 0 Å². The summed E-state index contributed by atoms with van der Waals surface area (Å²) in [5, 5.41) is 23.7. The summed E-state index contributed by atoms with van der Waals surface area (Å²) in [6.07, 6.45) is 38.1. The van der Waals surface area contributed by atoms with Gasteiger partial charge in [-0.25, -0.2) is 4.57 Å². The normalized spacial score (nSPS) is 15.5. The standard InChI is InChI=1S/C39H73N2O7P/c1-3-5-7-9-11-12-13-14-15-16-17-18-19-20-21-22-23-25-27-29-31-38(43)37(35-48-49(45,46)47-33-32-40)41-39(44)34-36(42)30-28-26-24-10-8-6-4-2/h18-19,22-23,26,28-29,31,36-38,42-43H,3-17,20-21,24-25,27,30,32-35,40H2,1-2H3,(H,41,44)(H,45,46)/b19-18+,23-22+,28-26-,31-29+. The van der Waals surface area contributed by atoms with E-state index in [2.05, 4.69) is 43.5 Å². The molecule has 0 heterocycles. The fraction of sp³-hybridized carbons (Fsp3) is 0.769. The number of hydrogen-bond acceptors (Lipinski definition) is 7. The first-order valence-electron chi connectivity index (χ1n) is 19.3. The van der Waals surface area contributed by atoms with E-state index in [4.69, 9.17) is 14.8 Å². The molecule has 0 fully saturated rings. The van der Waals surface area contributed by atoms with Gasteiger partial charge in [-0.15, -0.1) is 0 Å². The van der Waals surface area contributed by atoms with Crippen LogP contribution >= 0.6 is 7.82 Å². The minimum Gasteiger partial charge on any atom is -0.392 e. The van der Waals surface area contributed by atoms with Crippen LogP contribution in [0, 0.1) is 0 Å². The second kappa shape index (κ2) is 34.9. The third-order valence-electron chi connectivity index (χ3n) is 8.16. The Morgan fingerprint density at radius 3 is 1.71 bits per heavy atom. The number of carbonyl (C=O) groups excluding carboxylic acids is 1. The van der Waals surface area contributed by atoms with Crippen LogP contribution in [0.2, 0.25) is 0 Å². The van der Waals surface area contributed by atoms with E-state index in [0.717, 1.165) is 38.5 Å². The van der Waals surface area contributed by atoms with E-state index in [1.54, 1.807) is 6.08 Å². The Morgan fingerprint density at radius 2 is 1.16 bits per heavy atom. The molecule has 0 aliphatic rings. The molecule has 0 aliphatic heterocycles. The molecule has 0 aliphatic carbocycles. The zero-order chi connectivity index (χ0) is 36.3. The van der Waals surface area contributed by atoms with E-state index in [0.29, 0.717) is 12.8 Å². The lowest BCUT2D eigenvalue weighted by atomic mass is 10.1. The number of hydrogen-bond donors (Lipinski definition) is 5. The van der Waals surface area contributed by atoms with Crippen molar-refractivity contribution in [2.75, 3.05) is 19.8 Å². The number of nitrogens with two attached hydrogens (primary N) is 1. The molecule has 286 valence electrons. The average Bonchev–Trinajstić information content (AvgIpc) is 3.07. The van der Waals surface area contributed by atoms with Gasteiger partial charge in [0.2, 0.25) is 5.91 Å². The fourth-order valence-corrected chi connectivity index (χ4v) is 5.96. The zero-order valence-corrected chi connectivity index (χ0v) is 31.9. The monoisotopic (exact) mass is 713 g/mol. The molecule has 0 rings (SSSR count). The molecule has 6 N–H and O–H groups in total. The molecule has 49 heavy (non-hydrogen) atoms. The number of allylic oxidation sites excluding steroid dienone is 6. The van der Waals surface area contributed by atoms with Crippen LogP contribution in [-0.2, 0) is 18.4 Å². The number of nitrogens with one attached hydrogen (secondary N) is 1. The van der Waals surface area contributed by atoms with Crippen LogP contribution in [0.5, 0.6) is 0 Å². The van der Waals surface area contributed by atoms with E-state index in [-0.39, 0.29) is 19.6 Å². The van der Waals surface area contributed by atoms with E-state index in [1.165, 1.54) is 83.5 Å². The molecule has 0 saturated carbocycles. The predicted octanol–water partition coefficient (Wildman–Crippen LogP) is 9.13. The fourth-order valence-electron chi connectivity index (χ4n) is 5.20. The van der Waals surface area contributed by atoms with Crippen LogP contribution < -0.4 is 11.1 Å². The summed E-state index contributed by atoms with van der Waals surface area (Å²) in [5.74, 6) is -0.499. The summed E-state index contributed by atoms with van der Waals surface area (Å²) < 4.78 is 21.9. The van der Waals surface area contributed by atoms with Crippen molar-refractivity contribution in [3.05, 3.63) is 48.6 Å². The SMILES string of the molecule is CCCCCC/C=C\CC(O)CC(=O)NC(COP(=O)(O)OCCN)C(O)/C=C/CC/C=C/CC/C=C/CCCCCCCCCCCC. The maximum Gasteiger partial charge on any atom is 0.472 e. The van der Waals surface area contributed by atoms with Crippen LogP contribution in [-0.4, -0.2) is 59.0 Å². The highest BCUT2D eigenvalue weighted by Gasteiger charge is 2.27. The lowest BCUT2D eigenvalue weighted by Gasteiger charge is -2.23. The second-order valence-corrected chi connectivity index (χ2v) is 14.4. The molecule has 1 amide bonds. The van der Waals surface area contributed by atoms with Crippen molar-refractivity contribution in [2.45, 2.75) is 173 Å². The van der Waals surface area contributed by atoms with Gasteiger partial charge in [-0.1, -0.05) is 140 Å². The second-order valence-electron chi connectivity index (χ2n) is 13.0. The molecule has 9 nitrogen and oxygen atoms in total. The molecule has 0 aromatic heterocycles. The van der Waals surface area contributed by atoms with Crippen molar-refractivity contribution in [3.63, 3.8) is 0 Å². The van der Waals surface area contributed by atoms with E-state index < -0.39 is 38.6 Å². The van der Waals surface area contributed by atoms with Gasteiger partial charge in [0.15, 0.2) is 0 Å². The lowest BCUT2D eigenvalue weighted by molar-refractivity contribution is -0.124. The minimum atomic E-state index is -4.41. The minimum absolute atomic E-state index is 0.0368. The molecule has 4 atom stereocenters. The molecular formula is C39H73N2O7P. The number of aliphatic hydroxyl groups excluding tert-OH is 2. The van der Waals surface area contributed by atoms with Crippen molar-refractivity contribution >= 4 is 13.7 Å². The van der Waals surface area contributed by atoms with E-state index in [1.807, 2.05) is 18.2 Å². The van der Waals surface area contributed by atoms with Crippen LogP contribution in [0.4, 0.5) is 0 Å². The summed E-state index contributed by atoms with van der Waals surface area (Å²) in [5.41, 5.74) is 5.33. The first-order valence-corrected chi connectivity index (χ1v) is 20.8. The van der Waals surface area contributed by atoms with Gasteiger partial charge in [-0.05, 0) is 57.8 Å². The van der Waals surface area contributed by atoms with Crippen LogP contribution in [0.3, 0.4) is 0 Å². The Balaban J connectivity index is 4.46.